The Labute approximate surface area is 234 Å². The Morgan fingerprint density at radius 2 is 1.87 bits per heavy atom. The van der Waals surface area contributed by atoms with Crippen LogP contribution in [0.15, 0.2) is 41.8 Å². The average molecular weight is 561 g/mol. The Morgan fingerprint density at radius 1 is 1.08 bits per heavy atom. The molecule has 3 aliphatic rings. The molecule has 0 saturated heterocycles. The molecular weight excluding hydrogens is 523 g/mol. The molecule has 8 nitrogen and oxygen atoms in total. The molecular formula is C29H38ClFN4O4. The summed E-state index contributed by atoms with van der Waals surface area (Å²) in [5.74, 6) is -0.184. The second-order valence-corrected chi connectivity index (χ2v) is 11.0. The standard InChI is InChI=1S/C29H38ClFN4O4/c1-18-27(36)34-24(16-19-5-11-23(31)12-6-19)28(37)33-13-3-4-20-9-10-22(30)17-25(20)39-15-14-32-26(21-7-8-21)29(38)35(18)2/h5,9-11,17-18,21,24,26,32H,3-4,6-8,12-16H2,1-2H3,(H,33,37)(H,34,36)/t18-,24-,26+/m1/s1. The van der Waals surface area contributed by atoms with Gasteiger partial charge < -0.3 is 25.6 Å². The van der Waals surface area contributed by atoms with Crippen LogP contribution in [0.2, 0.25) is 5.02 Å². The molecule has 3 N–H and O–H groups in total. The predicted molar refractivity (Wildman–Crippen MR) is 148 cm³/mol. The van der Waals surface area contributed by atoms with E-state index in [0.717, 1.165) is 24.0 Å². The summed E-state index contributed by atoms with van der Waals surface area (Å²) >= 11 is 6.21. The average Bonchev–Trinajstić information content (AvgIpc) is 3.76. The lowest BCUT2D eigenvalue weighted by Gasteiger charge is -2.30. The normalized spacial score (nSPS) is 26.2. The van der Waals surface area contributed by atoms with Gasteiger partial charge in [-0.3, -0.25) is 14.4 Å². The first kappa shape index (κ1) is 29.1. The number of fused-ring (bicyclic) bond motifs is 1. The first-order valence-electron chi connectivity index (χ1n) is 13.8. The van der Waals surface area contributed by atoms with Gasteiger partial charge in [0.1, 0.15) is 30.3 Å². The van der Waals surface area contributed by atoms with Crippen molar-refractivity contribution in [2.24, 2.45) is 5.92 Å². The Balaban J connectivity index is 1.54. The molecule has 3 atom stereocenters. The number of halogens is 2. The van der Waals surface area contributed by atoms with Gasteiger partial charge in [-0.1, -0.05) is 29.3 Å². The van der Waals surface area contributed by atoms with Crippen molar-refractivity contribution >= 4 is 29.3 Å². The lowest BCUT2D eigenvalue weighted by molar-refractivity contribution is -0.141. The lowest BCUT2D eigenvalue weighted by atomic mass is 9.96. The number of allylic oxidation sites excluding steroid dienone is 3. The molecule has 10 heteroatoms. The van der Waals surface area contributed by atoms with Crippen LogP contribution in [-0.2, 0) is 20.8 Å². The van der Waals surface area contributed by atoms with E-state index in [1.807, 2.05) is 12.1 Å². The molecule has 0 unspecified atom stereocenters. The van der Waals surface area contributed by atoms with Gasteiger partial charge >= 0.3 is 0 Å². The Hall–Kier alpha value is -2.91. The quantitative estimate of drug-likeness (QED) is 0.526. The van der Waals surface area contributed by atoms with Crippen LogP contribution in [0.4, 0.5) is 4.39 Å². The van der Waals surface area contributed by atoms with Gasteiger partial charge in [-0.2, -0.15) is 0 Å². The van der Waals surface area contributed by atoms with E-state index in [-0.39, 0.29) is 36.4 Å². The van der Waals surface area contributed by atoms with Crippen molar-refractivity contribution in [3.63, 3.8) is 0 Å². The Morgan fingerprint density at radius 3 is 2.59 bits per heavy atom. The van der Waals surface area contributed by atoms with Crippen molar-refractivity contribution in [2.45, 2.75) is 70.0 Å². The van der Waals surface area contributed by atoms with Crippen LogP contribution in [0.1, 0.15) is 51.0 Å². The number of carbonyl (C=O) groups excluding carboxylic acids is 3. The van der Waals surface area contributed by atoms with Crippen LogP contribution >= 0.6 is 11.6 Å². The van der Waals surface area contributed by atoms with Gasteiger partial charge in [0.2, 0.25) is 17.7 Å². The fourth-order valence-corrected chi connectivity index (χ4v) is 5.08. The first-order chi connectivity index (χ1) is 18.7. The van der Waals surface area contributed by atoms with Crippen LogP contribution in [0.25, 0.3) is 0 Å². The van der Waals surface area contributed by atoms with Gasteiger partial charge in [-0.05, 0) is 75.1 Å². The van der Waals surface area contributed by atoms with Crippen LogP contribution in [0.5, 0.6) is 5.75 Å². The molecule has 212 valence electrons. The number of rotatable bonds is 3. The fourth-order valence-electron chi connectivity index (χ4n) is 4.92. The summed E-state index contributed by atoms with van der Waals surface area (Å²) in [6, 6.07) is 3.48. The summed E-state index contributed by atoms with van der Waals surface area (Å²) in [6.45, 7) is 2.89. The smallest absolute Gasteiger partial charge is 0.243 e. The van der Waals surface area contributed by atoms with Crippen molar-refractivity contribution in [1.82, 2.24) is 20.9 Å². The van der Waals surface area contributed by atoms with Crippen molar-refractivity contribution in [1.29, 1.82) is 0 Å². The Bertz CT molecular complexity index is 1140. The molecule has 1 fully saturated rings. The predicted octanol–water partition coefficient (Wildman–Crippen LogP) is 3.44. The van der Waals surface area contributed by atoms with Crippen molar-refractivity contribution in [3.8, 4) is 5.75 Å². The molecule has 1 saturated carbocycles. The molecule has 4 rings (SSSR count). The molecule has 2 aliphatic carbocycles. The van der Waals surface area contributed by atoms with Gasteiger partial charge in [0.15, 0.2) is 0 Å². The monoisotopic (exact) mass is 560 g/mol. The van der Waals surface area contributed by atoms with E-state index in [9.17, 15) is 18.8 Å². The molecule has 1 aromatic carbocycles. The number of nitrogens with one attached hydrogen (secondary N) is 3. The summed E-state index contributed by atoms with van der Waals surface area (Å²) in [7, 11) is 1.61. The van der Waals surface area contributed by atoms with Crippen LogP contribution < -0.4 is 20.7 Å². The summed E-state index contributed by atoms with van der Waals surface area (Å²) in [4.78, 5) is 41.3. The number of amides is 3. The Kier molecular flexibility index (Phi) is 10.0. The lowest BCUT2D eigenvalue weighted by Crippen LogP contribution is -2.56. The number of ether oxygens (including phenoxy) is 1. The number of benzene rings is 1. The van der Waals surface area contributed by atoms with Crippen LogP contribution in [-0.4, -0.2) is 67.5 Å². The topological polar surface area (TPSA) is 99.8 Å². The number of aryl methyl sites for hydroxylation is 1. The highest BCUT2D eigenvalue weighted by atomic mass is 35.5. The number of hydrogen-bond donors (Lipinski definition) is 3. The molecule has 0 spiro atoms. The minimum atomic E-state index is -0.838. The maximum absolute atomic E-state index is 13.5. The number of nitrogens with zero attached hydrogens (tertiary/aromatic N) is 1. The zero-order chi connectivity index (χ0) is 27.9. The van der Waals surface area contributed by atoms with Gasteiger partial charge in [0.05, 0.1) is 6.04 Å². The highest BCUT2D eigenvalue weighted by Gasteiger charge is 2.39. The number of hydrogen-bond acceptors (Lipinski definition) is 5. The van der Waals surface area contributed by atoms with E-state index in [1.165, 1.54) is 11.0 Å². The van der Waals surface area contributed by atoms with E-state index in [1.54, 1.807) is 26.1 Å². The van der Waals surface area contributed by atoms with Crippen LogP contribution in [0, 0.1) is 5.92 Å². The third kappa shape index (κ3) is 8.05. The zero-order valence-electron chi connectivity index (χ0n) is 22.6. The minimum absolute atomic E-state index is 0.165. The molecule has 1 heterocycles. The number of carbonyl (C=O) groups is 3. The van der Waals surface area contributed by atoms with Gasteiger partial charge in [0.25, 0.3) is 0 Å². The highest BCUT2D eigenvalue weighted by molar-refractivity contribution is 6.30. The fraction of sp³-hybridized carbons (Fsp3) is 0.552. The zero-order valence-corrected chi connectivity index (χ0v) is 23.4. The molecule has 1 aliphatic heterocycles. The second-order valence-electron chi connectivity index (χ2n) is 10.6. The van der Waals surface area contributed by atoms with E-state index in [2.05, 4.69) is 16.0 Å². The van der Waals surface area contributed by atoms with Crippen molar-refractivity contribution < 1.29 is 23.5 Å². The molecule has 1 aromatic rings. The maximum atomic E-state index is 13.5. The minimum Gasteiger partial charge on any atom is -0.492 e. The SMILES string of the molecule is C[C@@H]1C(=O)N[C@H](CC2=CC=C(F)CC2)C(=O)NCCCc2ccc(Cl)cc2OCCN[C@@H](C2CC2)C(=O)N1C. The van der Waals surface area contributed by atoms with Crippen LogP contribution in [0.3, 0.4) is 0 Å². The summed E-state index contributed by atoms with van der Waals surface area (Å²) in [6.07, 6.45) is 7.35. The summed E-state index contributed by atoms with van der Waals surface area (Å²) < 4.78 is 19.6. The van der Waals surface area contributed by atoms with Gasteiger partial charge in [-0.25, -0.2) is 4.39 Å². The van der Waals surface area contributed by atoms with E-state index in [0.29, 0.717) is 49.7 Å². The second kappa shape index (κ2) is 13.4. The number of likely N-dealkylation sites (N-methyl/N-ethyl adjacent to an activating group) is 1. The van der Waals surface area contributed by atoms with Crippen molar-refractivity contribution in [2.75, 3.05) is 26.7 Å². The molecule has 0 radical (unpaired) electrons. The maximum Gasteiger partial charge on any atom is 0.243 e. The van der Waals surface area contributed by atoms with Gasteiger partial charge in [-0.15, -0.1) is 0 Å². The summed E-state index contributed by atoms with van der Waals surface area (Å²) in [5.41, 5.74) is 1.86. The van der Waals surface area contributed by atoms with Crippen molar-refractivity contribution in [3.05, 3.63) is 52.3 Å². The molecule has 0 aromatic heterocycles. The third-order valence-electron chi connectivity index (χ3n) is 7.63. The van der Waals surface area contributed by atoms with E-state index >= 15 is 0 Å². The van der Waals surface area contributed by atoms with Gasteiger partial charge in [0, 0.05) is 31.6 Å². The summed E-state index contributed by atoms with van der Waals surface area (Å²) in [5, 5.41) is 9.70. The van der Waals surface area contributed by atoms with E-state index < -0.39 is 24.0 Å². The molecule has 39 heavy (non-hydrogen) atoms. The first-order valence-corrected chi connectivity index (χ1v) is 14.1. The molecule has 3 amide bonds. The largest absolute Gasteiger partial charge is 0.492 e. The molecule has 0 bridgehead atoms. The highest BCUT2D eigenvalue weighted by Crippen LogP contribution is 2.33. The third-order valence-corrected chi connectivity index (χ3v) is 7.86. The van der Waals surface area contributed by atoms with E-state index in [4.69, 9.17) is 16.3 Å².